The van der Waals surface area contributed by atoms with Gasteiger partial charge in [0.15, 0.2) is 6.10 Å². The molecule has 1 atom stereocenters. The van der Waals surface area contributed by atoms with Gasteiger partial charge in [-0.2, -0.15) is 0 Å². The highest BCUT2D eigenvalue weighted by Gasteiger charge is 2.19. The van der Waals surface area contributed by atoms with Crippen LogP contribution in [0.15, 0.2) is 0 Å². The highest BCUT2D eigenvalue weighted by atomic mass is 16.6. The monoisotopic (exact) mass is 961 g/mol. The minimum absolute atomic E-state index is 0.0614. The van der Waals surface area contributed by atoms with Crippen LogP contribution in [0.1, 0.15) is 355 Å². The number of esters is 3. The molecule has 0 amide bonds. The average Bonchev–Trinajstić information content (AvgIpc) is 3.32. The summed E-state index contributed by atoms with van der Waals surface area (Å²) in [6.45, 7) is 9.08. The number of carbonyl (C=O) groups excluding carboxylic acids is 3. The largest absolute Gasteiger partial charge is 0.462 e. The van der Waals surface area contributed by atoms with Crippen molar-refractivity contribution in [2.45, 2.75) is 361 Å². The maximum Gasteiger partial charge on any atom is 0.306 e. The van der Waals surface area contributed by atoms with Crippen LogP contribution in [0.25, 0.3) is 0 Å². The molecule has 0 rings (SSSR count). The van der Waals surface area contributed by atoms with Crippen LogP contribution in [0, 0.1) is 5.92 Å². The van der Waals surface area contributed by atoms with Crippen LogP contribution < -0.4 is 0 Å². The molecule has 0 aromatic rings. The van der Waals surface area contributed by atoms with E-state index >= 15 is 0 Å². The van der Waals surface area contributed by atoms with Gasteiger partial charge < -0.3 is 14.2 Å². The van der Waals surface area contributed by atoms with Gasteiger partial charge in [-0.1, -0.05) is 317 Å². The first-order valence-electron chi connectivity index (χ1n) is 30.9. The third-order valence-electron chi connectivity index (χ3n) is 14.3. The summed E-state index contributed by atoms with van der Waals surface area (Å²) in [5.41, 5.74) is 0. The van der Waals surface area contributed by atoms with Crippen molar-refractivity contribution in [3.8, 4) is 0 Å². The molecule has 0 bridgehead atoms. The fraction of sp³-hybridized carbons (Fsp3) is 0.952. The van der Waals surface area contributed by atoms with E-state index in [1.54, 1.807) is 0 Å². The van der Waals surface area contributed by atoms with Gasteiger partial charge in [0, 0.05) is 19.3 Å². The van der Waals surface area contributed by atoms with E-state index in [4.69, 9.17) is 14.2 Å². The Hall–Kier alpha value is -1.59. The van der Waals surface area contributed by atoms with Crippen LogP contribution in [-0.4, -0.2) is 37.2 Å². The summed E-state index contributed by atoms with van der Waals surface area (Å²) < 4.78 is 16.9. The molecular formula is C62H120O6. The second-order valence-corrected chi connectivity index (χ2v) is 21.8. The summed E-state index contributed by atoms with van der Waals surface area (Å²) in [5, 5.41) is 0. The van der Waals surface area contributed by atoms with E-state index in [2.05, 4.69) is 27.7 Å². The molecule has 404 valence electrons. The Morgan fingerprint density at radius 2 is 0.485 bits per heavy atom. The highest BCUT2D eigenvalue weighted by molar-refractivity contribution is 5.71. The number of unbranched alkanes of at least 4 members (excludes halogenated alkanes) is 44. The summed E-state index contributed by atoms with van der Waals surface area (Å²) in [6.07, 6.45) is 62.4. The summed E-state index contributed by atoms with van der Waals surface area (Å²) in [6, 6.07) is 0. The minimum Gasteiger partial charge on any atom is -0.462 e. The van der Waals surface area contributed by atoms with Gasteiger partial charge in [0.05, 0.1) is 0 Å². The Morgan fingerprint density at radius 3 is 0.721 bits per heavy atom. The van der Waals surface area contributed by atoms with Gasteiger partial charge in [-0.25, -0.2) is 0 Å². The van der Waals surface area contributed by atoms with Crippen molar-refractivity contribution in [3.05, 3.63) is 0 Å². The van der Waals surface area contributed by atoms with Crippen molar-refractivity contribution < 1.29 is 28.6 Å². The molecule has 6 nitrogen and oxygen atoms in total. The Kier molecular flexibility index (Phi) is 55.0. The maximum absolute atomic E-state index is 12.9. The first-order chi connectivity index (χ1) is 33.4. The van der Waals surface area contributed by atoms with E-state index in [0.29, 0.717) is 19.3 Å². The molecule has 0 radical (unpaired) electrons. The van der Waals surface area contributed by atoms with Gasteiger partial charge in [-0.05, 0) is 25.2 Å². The molecule has 0 aromatic carbocycles. The fourth-order valence-corrected chi connectivity index (χ4v) is 9.63. The molecule has 0 aromatic heterocycles. The SMILES string of the molecule is CCCCCCCCCCCCCCCCCCCCCC(=O)OC[C@H](COC(=O)CCCCCCCCCCCCCCC(C)C)OC(=O)CCCCCCCCCCCCCCCCCC. The van der Waals surface area contributed by atoms with Crippen molar-refractivity contribution in [1.29, 1.82) is 0 Å². The molecule has 0 saturated carbocycles. The van der Waals surface area contributed by atoms with Crippen LogP contribution in [-0.2, 0) is 28.6 Å². The van der Waals surface area contributed by atoms with Crippen molar-refractivity contribution in [1.82, 2.24) is 0 Å². The van der Waals surface area contributed by atoms with Gasteiger partial charge in [-0.15, -0.1) is 0 Å². The van der Waals surface area contributed by atoms with Crippen molar-refractivity contribution in [2.75, 3.05) is 13.2 Å². The Labute approximate surface area is 425 Å². The van der Waals surface area contributed by atoms with Gasteiger partial charge in [0.25, 0.3) is 0 Å². The molecule has 0 unspecified atom stereocenters. The van der Waals surface area contributed by atoms with Crippen LogP contribution in [0.4, 0.5) is 0 Å². The summed E-state index contributed by atoms with van der Waals surface area (Å²) in [7, 11) is 0. The maximum atomic E-state index is 12.9. The molecule has 0 fully saturated rings. The lowest BCUT2D eigenvalue weighted by atomic mass is 10.0. The molecule has 0 aliphatic rings. The quantitative estimate of drug-likeness (QED) is 0.0343. The van der Waals surface area contributed by atoms with Gasteiger partial charge in [-0.3, -0.25) is 14.4 Å². The first-order valence-corrected chi connectivity index (χ1v) is 30.9. The predicted molar refractivity (Wildman–Crippen MR) is 293 cm³/mol. The zero-order chi connectivity index (χ0) is 49.5. The topological polar surface area (TPSA) is 78.9 Å². The van der Waals surface area contributed by atoms with E-state index in [9.17, 15) is 14.4 Å². The standard InChI is InChI=1S/C62H120O6/c1-5-7-9-11-13-15-17-19-21-23-24-25-27-28-33-37-41-45-49-53-60(63)66-56-59(57-67-61(64)54-50-46-42-38-34-31-30-32-36-40-44-48-52-58(3)4)68-62(65)55-51-47-43-39-35-29-26-22-20-18-16-14-12-10-8-6-2/h58-59H,5-57H2,1-4H3/t59-/m1/s1. The first kappa shape index (κ1) is 66.4. The highest BCUT2D eigenvalue weighted by Crippen LogP contribution is 2.18. The van der Waals surface area contributed by atoms with Gasteiger partial charge in [0.1, 0.15) is 13.2 Å². The zero-order valence-corrected chi connectivity index (χ0v) is 46.6. The number of ether oxygens (including phenoxy) is 3. The minimum atomic E-state index is -0.762. The van der Waals surface area contributed by atoms with Crippen molar-refractivity contribution in [3.63, 3.8) is 0 Å². The lowest BCUT2D eigenvalue weighted by Crippen LogP contribution is -2.30. The number of hydrogen-bond acceptors (Lipinski definition) is 6. The van der Waals surface area contributed by atoms with Gasteiger partial charge in [0.2, 0.25) is 0 Å². The fourth-order valence-electron chi connectivity index (χ4n) is 9.63. The molecule has 0 N–H and O–H groups in total. The van der Waals surface area contributed by atoms with E-state index < -0.39 is 6.10 Å². The second kappa shape index (κ2) is 56.3. The summed E-state index contributed by atoms with van der Waals surface area (Å²) in [5.74, 6) is 0.00315. The number of carbonyl (C=O) groups is 3. The number of hydrogen-bond donors (Lipinski definition) is 0. The van der Waals surface area contributed by atoms with Crippen LogP contribution >= 0.6 is 0 Å². The third-order valence-corrected chi connectivity index (χ3v) is 14.3. The van der Waals surface area contributed by atoms with Crippen LogP contribution in [0.2, 0.25) is 0 Å². The molecule has 68 heavy (non-hydrogen) atoms. The van der Waals surface area contributed by atoms with E-state index in [1.807, 2.05) is 0 Å². The van der Waals surface area contributed by atoms with Crippen molar-refractivity contribution in [2.24, 2.45) is 5.92 Å². The Bertz CT molecular complexity index is 1030. The van der Waals surface area contributed by atoms with Crippen molar-refractivity contribution >= 4 is 17.9 Å². The van der Waals surface area contributed by atoms with Crippen LogP contribution in [0.3, 0.4) is 0 Å². The molecular weight excluding hydrogens is 841 g/mol. The lowest BCUT2D eigenvalue weighted by molar-refractivity contribution is -0.167. The molecule has 6 heteroatoms. The third kappa shape index (κ3) is 55.3. The van der Waals surface area contributed by atoms with E-state index in [0.717, 1.165) is 63.7 Å². The molecule has 0 spiro atoms. The van der Waals surface area contributed by atoms with E-state index in [1.165, 1.54) is 250 Å². The Morgan fingerprint density at radius 1 is 0.279 bits per heavy atom. The van der Waals surface area contributed by atoms with Gasteiger partial charge >= 0.3 is 17.9 Å². The smallest absolute Gasteiger partial charge is 0.306 e. The summed E-state index contributed by atoms with van der Waals surface area (Å²) >= 11 is 0. The second-order valence-electron chi connectivity index (χ2n) is 21.8. The number of rotatable bonds is 57. The zero-order valence-electron chi connectivity index (χ0n) is 46.6. The molecule has 0 heterocycles. The normalized spacial score (nSPS) is 12.0. The van der Waals surface area contributed by atoms with Crippen LogP contribution in [0.5, 0.6) is 0 Å². The summed E-state index contributed by atoms with van der Waals surface area (Å²) in [4.78, 5) is 38.2. The predicted octanol–water partition coefficient (Wildman–Crippen LogP) is 20.6. The molecule has 0 aliphatic carbocycles. The molecule has 0 saturated heterocycles. The average molecular weight is 962 g/mol. The lowest BCUT2D eigenvalue weighted by Gasteiger charge is -2.18. The Balaban J connectivity index is 4.28. The molecule has 0 aliphatic heterocycles. The van der Waals surface area contributed by atoms with E-state index in [-0.39, 0.29) is 31.1 Å².